The summed E-state index contributed by atoms with van der Waals surface area (Å²) in [5.74, 6) is -0.228. The molecule has 0 spiro atoms. The minimum Gasteiger partial charge on any atom is -0.394 e. The molecule has 1 heterocycles. The smallest absolute Gasteiger partial charge is 0.240 e. The van der Waals surface area contributed by atoms with Crippen molar-refractivity contribution in [1.29, 1.82) is 0 Å². The lowest BCUT2D eigenvalue weighted by Gasteiger charge is -2.17. The van der Waals surface area contributed by atoms with Gasteiger partial charge in [0.1, 0.15) is 6.54 Å². The van der Waals surface area contributed by atoms with Gasteiger partial charge in [-0.2, -0.15) is 0 Å². The molecule has 28 heavy (non-hydrogen) atoms. The predicted octanol–water partition coefficient (Wildman–Crippen LogP) is 1.73. The molecule has 0 bridgehead atoms. The van der Waals surface area contributed by atoms with Crippen molar-refractivity contribution in [2.24, 2.45) is 0 Å². The summed E-state index contributed by atoms with van der Waals surface area (Å²) in [6, 6.07) is 16.3. The molecule has 0 fully saturated rings. The number of benzene rings is 2. The van der Waals surface area contributed by atoms with Gasteiger partial charge in [-0.05, 0) is 30.2 Å². The summed E-state index contributed by atoms with van der Waals surface area (Å²) in [5.41, 5.74) is 2.24. The number of hydrogen-bond donors (Lipinski definition) is 3. The van der Waals surface area contributed by atoms with Crippen molar-refractivity contribution in [1.82, 2.24) is 9.88 Å². The van der Waals surface area contributed by atoms with E-state index in [1.807, 2.05) is 36.4 Å². The number of anilines is 1. The molecule has 1 amide bonds. The van der Waals surface area contributed by atoms with Gasteiger partial charge in [-0.1, -0.05) is 36.4 Å². The highest BCUT2D eigenvalue weighted by Gasteiger charge is 2.14. The fourth-order valence-electron chi connectivity index (χ4n) is 3.14. The van der Waals surface area contributed by atoms with E-state index in [-0.39, 0.29) is 25.1 Å². The van der Waals surface area contributed by atoms with Gasteiger partial charge in [0.05, 0.1) is 30.1 Å². The van der Waals surface area contributed by atoms with Crippen molar-refractivity contribution >= 4 is 32.5 Å². The monoisotopic (exact) mass is 401 g/mol. The number of carbonyl (C=O) groups is 1. The summed E-state index contributed by atoms with van der Waals surface area (Å²) in [5, 5.41) is 13.2. The van der Waals surface area contributed by atoms with Crippen LogP contribution in [0.4, 0.5) is 5.69 Å². The lowest BCUT2D eigenvalue weighted by molar-refractivity contribution is -0.122. The number of aliphatic hydroxyl groups is 1. The molecule has 0 aliphatic heterocycles. The Labute approximate surface area is 164 Å². The summed E-state index contributed by atoms with van der Waals surface area (Å²) in [4.78, 5) is 12.5. The summed E-state index contributed by atoms with van der Waals surface area (Å²) >= 11 is 0. The molecule has 0 saturated heterocycles. The molecule has 7 nitrogen and oxygen atoms in total. The summed E-state index contributed by atoms with van der Waals surface area (Å²) < 4.78 is 27.3. The molecule has 148 valence electrons. The Balaban J connectivity index is 1.71. The Morgan fingerprint density at radius 3 is 2.54 bits per heavy atom. The highest BCUT2D eigenvalue weighted by atomic mass is 32.2. The molecule has 1 aromatic heterocycles. The summed E-state index contributed by atoms with van der Waals surface area (Å²) in [6.07, 6.45) is 3.37. The average Bonchev–Trinajstić information content (AvgIpc) is 3.05. The predicted molar refractivity (Wildman–Crippen MR) is 110 cm³/mol. The van der Waals surface area contributed by atoms with E-state index in [0.29, 0.717) is 17.5 Å². The maximum Gasteiger partial charge on any atom is 0.240 e. The lowest BCUT2D eigenvalue weighted by atomic mass is 10.1. The third-order valence-electron chi connectivity index (χ3n) is 4.33. The largest absolute Gasteiger partial charge is 0.394 e. The lowest BCUT2D eigenvalue weighted by Crippen LogP contribution is -2.40. The van der Waals surface area contributed by atoms with Crippen LogP contribution in [0.3, 0.4) is 0 Å². The van der Waals surface area contributed by atoms with Crippen LogP contribution in [0.1, 0.15) is 5.56 Å². The van der Waals surface area contributed by atoms with Crippen molar-refractivity contribution in [2.75, 3.05) is 17.6 Å². The number of aromatic nitrogens is 1. The van der Waals surface area contributed by atoms with Crippen molar-refractivity contribution < 1.29 is 18.3 Å². The summed E-state index contributed by atoms with van der Waals surface area (Å²) in [6.45, 7) is -0.0907. The number of nitrogens with one attached hydrogen (secondary N) is 2. The molecular weight excluding hydrogens is 378 g/mol. The second kappa shape index (κ2) is 8.45. The fraction of sp³-hybridized carbons (Fsp3) is 0.250. The van der Waals surface area contributed by atoms with Gasteiger partial charge in [0, 0.05) is 11.6 Å². The zero-order valence-corrected chi connectivity index (χ0v) is 16.3. The third-order valence-corrected chi connectivity index (χ3v) is 4.92. The summed E-state index contributed by atoms with van der Waals surface area (Å²) in [7, 11) is -3.40. The molecule has 3 N–H and O–H groups in total. The van der Waals surface area contributed by atoms with Crippen LogP contribution < -0.4 is 10.0 Å². The average molecular weight is 401 g/mol. The second-order valence-corrected chi connectivity index (χ2v) is 8.44. The molecule has 0 aliphatic rings. The van der Waals surface area contributed by atoms with Gasteiger partial charge in [-0.25, -0.2) is 8.42 Å². The topological polar surface area (TPSA) is 100 Å². The molecule has 3 rings (SSSR count). The maximum atomic E-state index is 12.5. The van der Waals surface area contributed by atoms with Crippen LogP contribution in [0.15, 0.2) is 60.8 Å². The first-order valence-electron chi connectivity index (χ1n) is 8.85. The Morgan fingerprint density at radius 2 is 1.86 bits per heavy atom. The first kappa shape index (κ1) is 19.9. The molecule has 2 aromatic carbocycles. The van der Waals surface area contributed by atoms with Gasteiger partial charge in [0.2, 0.25) is 15.9 Å². The number of nitrogens with zero attached hydrogens (tertiary/aromatic N) is 1. The van der Waals surface area contributed by atoms with Crippen LogP contribution in [0.2, 0.25) is 0 Å². The van der Waals surface area contributed by atoms with Gasteiger partial charge >= 0.3 is 0 Å². The minimum absolute atomic E-state index is 0.0666. The molecule has 3 aromatic rings. The third kappa shape index (κ3) is 5.11. The Morgan fingerprint density at radius 1 is 1.11 bits per heavy atom. The van der Waals surface area contributed by atoms with Gasteiger partial charge in [-0.3, -0.25) is 9.52 Å². The Kier molecular flexibility index (Phi) is 6.01. The number of hydrogen-bond acceptors (Lipinski definition) is 4. The number of carbonyl (C=O) groups excluding carboxylic acids is 1. The molecule has 0 aliphatic carbocycles. The van der Waals surface area contributed by atoms with E-state index in [4.69, 9.17) is 0 Å². The standard InChI is InChI=1S/C20H23N3O4S/c1-28(26,27)22-18-8-5-9-19-17(18)10-11-23(19)13-20(25)21-16(14-24)12-15-6-3-2-4-7-15/h2-11,16,22,24H,12-14H2,1H3,(H,21,25)/t16-/m0/s1. The first-order chi connectivity index (χ1) is 13.4. The van der Waals surface area contributed by atoms with Crippen LogP contribution in [0.5, 0.6) is 0 Å². The maximum absolute atomic E-state index is 12.5. The van der Waals surface area contributed by atoms with E-state index in [9.17, 15) is 18.3 Å². The molecular formula is C20H23N3O4S. The number of rotatable bonds is 8. The van der Waals surface area contributed by atoms with E-state index in [0.717, 1.165) is 17.3 Å². The zero-order valence-electron chi connectivity index (χ0n) is 15.5. The molecule has 0 radical (unpaired) electrons. The van der Waals surface area contributed by atoms with Gasteiger partial charge in [-0.15, -0.1) is 0 Å². The first-order valence-corrected chi connectivity index (χ1v) is 10.7. The number of amides is 1. The van der Waals surface area contributed by atoms with Crippen LogP contribution in [-0.2, 0) is 27.8 Å². The minimum atomic E-state index is -3.40. The van der Waals surface area contributed by atoms with Gasteiger partial charge < -0.3 is 15.0 Å². The number of aliphatic hydroxyl groups excluding tert-OH is 1. The number of fused-ring (bicyclic) bond motifs is 1. The number of sulfonamides is 1. The quantitative estimate of drug-likeness (QED) is 0.535. The van der Waals surface area contributed by atoms with Crippen molar-refractivity contribution in [3.05, 3.63) is 66.4 Å². The van der Waals surface area contributed by atoms with Crippen LogP contribution in [0.25, 0.3) is 10.9 Å². The van der Waals surface area contributed by atoms with Gasteiger partial charge in [0.15, 0.2) is 0 Å². The zero-order chi connectivity index (χ0) is 20.1. The SMILES string of the molecule is CS(=O)(=O)Nc1cccc2c1ccn2CC(=O)N[C@H](CO)Cc1ccccc1. The van der Waals surface area contributed by atoms with Gasteiger partial charge in [0.25, 0.3) is 0 Å². The van der Waals surface area contributed by atoms with Crippen LogP contribution in [0, 0.1) is 0 Å². The molecule has 1 atom stereocenters. The van der Waals surface area contributed by atoms with E-state index in [1.165, 1.54) is 0 Å². The Bertz CT molecular complexity index is 1060. The fourth-order valence-corrected chi connectivity index (χ4v) is 3.72. The molecule has 0 saturated carbocycles. The molecule has 8 heteroatoms. The normalized spacial score (nSPS) is 12.6. The van der Waals surface area contributed by atoms with Crippen molar-refractivity contribution in [2.45, 2.75) is 19.0 Å². The van der Waals surface area contributed by atoms with Crippen molar-refractivity contribution in [3.8, 4) is 0 Å². The van der Waals surface area contributed by atoms with E-state index >= 15 is 0 Å². The van der Waals surface area contributed by atoms with Crippen molar-refractivity contribution in [3.63, 3.8) is 0 Å². The Hall–Kier alpha value is -2.84. The van der Waals surface area contributed by atoms with E-state index in [1.54, 1.807) is 29.0 Å². The highest BCUT2D eigenvalue weighted by molar-refractivity contribution is 7.92. The highest BCUT2D eigenvalue weighted by Crippen LogP contribution is 2.25. The van der Waals surface area contributed by atoms with Crippen LogP contribution in [-0.4, -0.2) is 42.9 Å². The van der Waals surface area contributed by atoms with E-state index < -0.39 is 10.0 Å². The second-order valence-electron chi connectivity index (χ2n) is 6.69. The van der Waals surface area contributed by atoms with E-state index in [2.05, 4.69) is 10.0 Å². The van der Waals surface area contributed by atoms with Crippen LogP contribution >= 0.6 is 0 Å². The molecule has 0 unspecified atom stereocenters.